The lowest BCUT2D eigenvalue weighted by Crippen LogP contribution is -2.54. The van der Waals surface area contributed by atoms with E-state index in [2.05, 4.69) is 135 Å². The number of hydrogen-bond donors (Lipinski definition) is 0. The van der Waals surface area contributed by atoms with E-state index >= 15 is 0 Å². The van der Waals surface area contributed by atoms with Crippen molar-refractivity contribution < 1.29 is 13.3 Å². The third-order valence-electron chi connectivity index (χ3n) is 9.47. The molecule has 0 bridgehead atoms. The maximum atomic E-state index is 7.23. The van der Waals surface area contributed by atoms with Gasteiger partial charge in [0.05, 0.1) is 12.2 Å². The summed E-state index contributed by atoms with van der Waals surface area (Å²) in [6.07, 6.45) is 2.20. The largest absolute Gasteiger partial charge is 0.416 e. The summed E-state index contributed by atoms with van der Waals surface area (Å²) in [6, 6.07) is 0. The van der Waals surface area contributed by atoms with Gasteiger partial charge in [0.15, 0.2) is 25.0 Å². The minimum atomic E-state index is -2.01. The third-order valence-corrected chi connectivity index (χ3v) is 22.9. The summed E-state index contributed by atoms with van der Waals surface area (Å²) in [5.41, 5.74) is 0. The van der Waals surface area contributed by atoms with E-state index in [9.17, 15) is 0 Å². The van der Waals surface area contributed by atoms with Crippen molar-refractivity contribution in [3.8, 4) is 0 Å². The molecule has 0 unspecified atom stereocenters. The van der Waals surface area contributed by atoms with E-state index in [4.69, 9.17) is 13.3 Å². The quantitative estimate of drug-likeness (QED) is 0.181. The van der Waals surface area contributed by atoms with Gasteiger partial charge in [-0.15, -0.1) is 6.58 Å². The molecule has 0 aromatic heterocycles. The molecule has 0 aliphatic carbocycles. The van der Waals surface area contributed by atoms with Crippen LogP contribution in [0.15, 0.2) is 12.7 Å². The van der Waals surface area contributed by atoms with Crippen LogP contribution in [-0.2, 0) is 13.3 Å². The van der Waals surface area contributed by atoms with Crippen molar-refractivity contribution in [2.75, 3.05) is 6.61 Å². The van der Waals surface area contributed by atoms with Crippen LogP contribution in [0, 0.1) is 17.8 Å². The molecule has 0 N–H and O–H groups in total. The Bertz CT molecular complexity index is 666. The summed E-state index contributed by atoms with van der Waals surface area (Å²) < 4.78 is 21.1. The number of rotatable bonds is 12. The first-order valence-corrected chi connectivity index (χ1v) is 22.6. The molecule has 0 fully saturated rings. The molecule has 0 aromatic rings. The number of hydrogen-bond acceptors (Lipinski definition) is 3. The molecule has 210 valence electrons. The highest BCUT2D eigenvalue weighted by molar-refractivity contribution is 6.75. The van der Waals surface area contributed by atoms with E-state index in [1.807, 2.05) is 0 Å². The molecule has 0 rings (SSSR count). The van der Waals surface area contributed by atoms with Crippen LogP contribution in [0.2, 0.25) is 54.4 Å². The molecule has 3 nitrogen and oxygen atoms in total. The predicted octanol–water partition coefficient (Wildman–Crippen LogP) is 9.88. The van der Waals surface area contributed by atoms with Crippen LogP contribution >= 0.6 is 0 Å². The van der Waals surface area contributed by atoms with Crippen LogP contribution < -0.4 is 0 Å². The maximum absolute atomic E-state index is 7.23. The smallest absolute Gasteiger partial charge is 0.192 e. The molecule has 0 radical (unpaired) electrons. The average Bonchev–Trinajstić information content (AvgIpc) is 2.64. The summed E-state index contributed by atoms with van der Waals surface area (Å²) >= 11 is 0. The molecular formula is C29H64O3Si3. The second-order valence-electron chi connectivity index (χ2n) is 15.7. The van der Waals surface area contributed by atoms with Gasteiger partial charge in [0, 0.05) is 18.4 Å². The van der Waals surface area contributed by atoms with E-state index in [-0.39, 0.29) is 45.1 Å². The molecule has 0 saturated carbocycles. The van der Waals surface area contributed by atoms with Crippen molar-refractivity contribution in [3.63, 3.8) is 0 Å². The van der Waals surface area contributed by atoms with Gasteiger partial charge in [-0.3, -0.25) is 0 Å². The monoisotopic (exact) mass is 544 g/mol. The Hall–Kier alpha value is 0.271. The fraction of sp³-hybridized carbons (Fsp3) is 0.931. The van der Waals surface area contributed by atoms with Gasteiger partial charge in [-0.1, -0.05) is 89.2 Å². The molecule has 0 aromatic carbocycles. The average molecular weight is 545 g/mol. The molecule has 0 saturated heterocycles. The second-order valence-corrected chi connectivity index (χ2v) is 30.0. The summed E-state index contributed by atoms with van der Waals surface area (Å²) in [7, 11) is -5.83. The van der Waals surface area contributed by atoms with Gasteiger partial charge < -0.3 is 13.3 Å². The highest BCUT2D eigenvalue weighted by Crippen LogP contribution is 2.43. The highest BCUT2D eigenvalue weighted by Gasteiger charge is 2.47. The summed E-state index contributed by atoms with van der Waals surface area (Å²) in [4.78, 5) is 0. The van der Waals surface area contributed by atoms with Gasteiger partial charge in [-0.05, 0) is 60.3 Å². The van der Waals surface area contributed by atoms with Crippen molar-refractivity contribution in [1.29, 1.82) is 0 Å². The van der Waals surface area contributed by atoms with Gasteiger partial charge in [-0.25, -0.2) is 0 Å². The SMILES string of the molecule is C=C[C@@H](C)[C@@H](O[Si](C)(C)C(C)(C)C)[C@@H](C)[C@H](O[Si](C)(C)C(C)(C)C)[C@H](C)CO[Si](C)(C)C(C)(C)C. The Morgan fingerprint density at radius 3 is 1.29 bits per heavy atom. The minimum absolute atomic E-state index is 0.0674. The van der Waals surface area contributed by atoms with Crippen molar-refractivity contribution in [2.24, 2.45) is 17.8 Å². The second kappa shape index (κ2) is 12.0. The minimum Gasteiger partial charge on any atom is -0.416 e. The van der Waals surface area contributed by atoms with E-state index in [0.717, 1.165) is 6.61 Å². The fourth-order valence-electron chi connectivity index (χ4n) is 3.44. The van der Waals surface area contributed by atoms with Crippen LogP contribution in [0.1, 0.15) is 83.1 Å². The lowest BCUT2D eigenvalue weighted by molar-refractivity contribution is -0.0176. The summed E-state index contributed by atoms with van der Waals surface area (Å²) in [5.74, 6) is 0.748. The van der Waals surface area contributed by atoms with E-state index in [1.165, 1.54) is 0 Å². The van der Waals surface area contributed by atoms with Gasteiger partial charge in [0.1, 0.15) is 0 Å². The van der Waals surface area contributed by atoms with Crippen LogP contribution in [0.3, 0.4) is 0 Å². The molecule has 0 heterocycles. The molecule has 6 heteroatoms. The Morgan fingerprint density at radius 1 is 0.629 bits per heavy atom. The van der Waals surface area contributed by atoms with Crippen molar-refractivity contribution >= 4 is 25.0 Å². The fourth-order valence-corrected chi connectivity index (χ4v) is 7.50. The van der Waals surface area contributed by atoms with Crippen molar-refractivity contribution in [1.82, 2.24) is 0 Å². The van der Waals surface area contributed by atoms with Crippen molar-refractivity contribution in [3.05, 3.63) is 12.7 Å². The topological polar surface area (TPSA) is 27.7 Å². The Labute approximate surface area is 224 Å². The van der Waals surface area contributed by atoms with Crippen LogP contribution in [0.5, 0.6) is 0 Å². The highest BCUT2D eigenvalue weighted by atomic mass is 28.4. The summed E-state index contributed by atoms with van der Waals surface area (Å²) in [5, 5.41) is 0.489. The zero-order valence-electron chi connectivity index (χ0n) is 27.1. The zero-order valence-corrected chi connectivity index (χ0v) is 30.1. The van der Waals surface area contributed by atoms with E-state index in [0.29, 0.717) is 0 Å². The molecule has 35 heavy (non-hydrogen) atoms. The van der Waals surface area contributed by atoms with Gasteiger partial charge in [0.25, 0.3) is 0 Å². The Morgan fingerprint density at radius 2 is 0.971 bits per heavy atom. The molecule has 0 amide bonds. The van der Waals surface area contributed by atoms with Crippen molar-refractivity contribution in [2.45, 2.75) is 150 Å². The third kappa shape index (κ3) is 9.51. The first-order valence-electron chi connectivity index (χ1n) is 13.8. The normalized spacial score (nSPS) is 19.1. The predicted molar refractivity (Wildman–Crippen MR) is 165 cm³/mol. The van der Waals surface area contributed by atoms with E-state index in [1.54, 1.807) is 0 Å². The van der Waals surface area contributed by atoms with Crippen LogP contribution in [0.4, 0.5) is 0 Å². The first-order chi connectivity index (χ1) is 15.2. The maximum Gasteiger partial charge on any atom is 0.192 e. The lowest BCUT2D eigenvalue weighted by atomic mass is 9.84. The molecule has 0 aliphatic heterocycles. The molecule has 0 aliphatic rings. The zero-order chi connectivity index (χ0) is 28.4. The lowest BCUT2D eigenvalue weighted by Gasteiger charge is -2.48. The summed E-state index contributed by atoms with van der Waals surface area (Å²) in [6.45, 7) is 46.8. The molecule has 0 spiro atoms. The first kappa shape index (κ1) is 35.3. The van der Waals surface area contributed by atoms with Gasteiger partial charge in [-0.2, -0.15) is 0 Å². The molecule has 5 atom stereocenters. The standard InChI is InChI=1S/C29H64O3Si3/c1-20-22(2)25(31-34(16,17)28(8,9)10)24(4)26(32-35(18,19)29(11,12)13)23(3)21-30-33(14,15)27(5,6)7/h20,22-26H,1,21H2,2-19H3/t22-,23-,24-,25-,26-/m1/s1. The van der Waals surface area contributed by atoms with E-state index < -0.39 is 25.0 Å². The molecular weight excluding hydrogens is 481 g/mol. The Balaban J connectivity index is 6.32. The van der Waals surface area contributed by atoms with Gasteiger partial charge in [0.2, 0.25) is 0 Å². The van der Waals surface area contributed by atoms with Crippen LogP contribution in [0.25, 0.3) is 0 Å². The van der Waals surface area contributed by atoms with Gasteiger partial charge >= 0.3 is 0 Å². The van der Waals surface area contributed by atoms with Crippen LogP contribution in [-0.4, -0.2) is 43.8 Å². The Kier molecular flexibility index (Phi) is 12.1.